The standard InChI is InChI=1S/C16H24N2.C2H6/c1-9(2)15-13-11(5)18(8)16(10(3)4)14(13)12(6)17(15)7;1-2/h1-8H3;1-2H3. The fourth-order valence-corrected chi connectivity index (χ4v) is 3.12. The topological polar surface area (TPSA) is 9.86 Å². The average Bonchev–Trinajstić information content (AvgIpc) is 2.78. The second-order valence-corrected chi connectivity index (χ2v) is 5.74. The van der Waals surface area contributed by atoms with Gasteiger partial charge < -0.3 is 9.13 Å². The maximum Gasteiger partial charge on any atom is 0.0490 e. The minimum absolute atomic E-state index is 1.36. The van der Waals surface area contributed by atoms with Crippen molar-refractivity contribution < 1.29 is 0 Å². The van der Waals surface area contributed by atoms with E-state index in [4.69, 9.17) is 0 Å². The number of hydrogen-bond donors (Lipinski definition) is 0. The van der Waals surface area contributed by atoms with Gasteiger partial charge in [0.2, 0.25) is 0 Å². The smallest absolute Gasteiger partial charge is 0.0490 e. The third kappa shape index (κ3) is 2.21. The van der Waals surface area contributed by atoms with Crippen LogP contribution in [0.3, 0.4) is 0 Å². The molecular weight excluding hydrogens is 244 g/mol. The lowest BCUT2D eigenvalue weighted by atomic mass is 10.1. The summed E-state index contributed by atoms with van der Waals surface area (Å²) in [7, 11) is 4.34. The molecule has 0 spiro atoms. The van der Waals surface area contributed by atoms with Gasteiger partial charge in [-0.25, -0.2) is 0 Å². The summed E-state index contributed by atoms with van der Waals surface area (Å²) < 4.78 is 4.67. The Labute approximate surface area is 123 Å². The van der Waals surface area contributed by atoms with E-state index in [1.165, 1.54) is 44.0 Å². The normalized spacial score (nSPS) is 10.5. The first-order chi connectivity index (χ1) is 9.29. The molecule has 0 fully saturated rings. The maximum absolute atomic E-state index is 2.33. The zero-order valence-electron chi connectivity index (χ0n) is 14.9. The zero-order chi connectivity index (χ0) is 15.8. The summed E-state index contributed by atoms with van der Waals surface area (Å²) in [6.45, 7) is 17.2. The van der Waals surface area contributed by atoms with Crippen LogP contribution in [0.1, 0.15) is 52.9 Å². The molecule has 0 saturated heterocycles. The van der Waals surface area contributed by atoms with Gasteiger partial charge in [-0.1, -0.05) is 25.0 Å². The molecule has 2 aromatic heterocycles. The number of aryl methyl sites for hydroxylation is 2. The van der Waals surface area contributed by atoms with Gasteiger partial charge in [-0.2, -0.15) is 0 Å². The van der Waals surface area contributed by atoms with Crippen LogP contribution in [-0.4, -0.2) is 9.13 Å². The van der Waals surface area contributed by atoms with E-state index < -0.39 is 0 Å². The first-order valence-electron chi connectivity index (χ1n) is 7.54. The highest BCUT2D eigenvalue weighted by Crippen LogP contribution is 2.18. The van der Waals surface area contributed by atoms with Gasteiger partial charge in [0.25, 0.3) is 0 Å². The van der Waals surface area contributed by atoms with Crippen LogP contribution in [0, 0.1) is 13.8 Å². The summed E-state index contributed by atoms with van der Waals surface area (Å²) in [5.41, 5.74) is 5.48. The Morgan fingerprint density at radius 2 is 0.900 bits per heavy atom. The van der Waals surface area contributed by atoms with Crippen LogP contribution in [0.2, 0.25) is 0 Å². The minimum Gasteiger partial charge on any atom is -0.347 e. The van der Waals surface area contributed by atoms with E-state index in [0.717, 1.165) is 0 Å². The predicted molar refractivity (Wildman–Crippen MR) is 91.5 cm³/mol. The Balaban J connectivity index is 0.000000956. The van der Waals surface area contributed by atoms with Crippen LogP contribution >= 0.6 is 0 Å². The summed E-state index contributed by atoms with van der Waals surface area (Å²) >= 11 is 0. The molecule has 112 valence electrons. The van der Waals surface area contributed by atoms with Gasteiger partial charge >= 0.3 is 0 Å². The molecule has 0 saturated carbocycles. The molecule has 2 heteroatoms. The molecule has 0 amide bonds. The first-order valence-corrected chi connectivity index (χ1v) is 7.54. The van der Waals surface area contributed by atoms with Crippen molar-refractivity contribution in [2.24, 2.45) is 14.1 Å². The van der Waals surface area contributed by atoms with Gasteiger partial charge in [-0.3, -0.25) is 0 Å². The van der Waals surface area contributed by atoms with Crippen molar-refractivity contribution in [1.29, 1.82) is 0 Å². The zero-order valence-corrected chi connectivity index (χ0v) is 14.9. The second-order valence-electron chi connectivity index (χ2n) is 5.74. The summed E-state index contributed by atoms with van der Waals surface area (Å²) in [4.78, 5) is 0. The fourth-order valence-electron chi connectivity index (χ4n) is 3.12. The molecule has 0 aliphatic heterocycles. The molecule has 0 bridgehead atoms. The van der Waals surface area contributed by atoms with Crippen molar-refractivity contribution in [3.63, 3.8) is 0 Å². The average molecular weight is 274 g/mol. The summed E-state index contributed by atoms with van der Waals surface area (Å²) in [5, 5.41) is 5.61. The fraction of sp³-hybridized carbons (Fsp3) is 0.556. The van der Waals surface area contributed by atoms with E-state index in [1.807, 2.05) is 13.8 Å². The lowest BCUT2D eigenvalue weighted by Crippen LogP contribution is -2.20. The maximum atomic E-state index is 2.33. The number of rotatable bonds is 0. The molecule has 0 aliphatic carbocycles. The Morgan fingerprint density at radius 3 is 1.10 bits per heavy atom. The van der Waals surface area contributed by atoms with E-state index in [9.17, 15) is 0 Å². The van der Waals surface area contributed by atoms with Crippen molar-refractivity contribution in [1.82, 2.24) is 9.13 Å². The third-order valence-corrected chi connectivity index (χ3v) is 4.07. The van der Waals surface area contributed by atoms with Crippen LogP contribution < -0.4 is 10.7 Å². The number of fused-ring (bicyclic) bond motifs is 1. The van der Waals surface area contributed by atoms with Crippen LogP contribution in [0.25, 0.3) is 21.9 Å². The molecule has 2 aromatic rings. The van der Waals surface area contributed by atoms with Crippen LogP contribution in [0.15, 0.2) is 0 Å². The largest absolute Gasteiger partial charge is 0.347 e. The summed E-state index contributed by atoms with van der Waals surface area (Å²) in [5.74, 6) is 0. The van der Waals surface area contributed by atoms with Crippen molar-refractivity contribution in [2.45, 2.75) is 55.4 Å². The molecule has 0 aliphatic rings. The molecule has 0 radical (unpaired) electrons. The number of aromatic nitrogens is 2. The predicted octanol–water partition coefficient (Wildman–Crippen LogP) is 3.54. The van der Waals surface area contributed by atoms with Gasteiger partial charge in [0, 0.05) is 47.0 Å². The first kappa shape index (κ1) is 16.6. The van der Waals surface area contributed by atoms with E-state index in [-0.39, 0.29) is 0 Å². The van der Waals surface area contributed by atoms with Gasteiger partial charge in [-0.05, 0) is 41.5 Å². The molecule has 0 N–H and O–H groups in total. The third-order valence-electron chi connectivity index (χ3n) is 4.07. The summed E-state index contributed by atoms with van der Waals surface area (Å²) in [6, 6.07) is 0. The van der Waals surface area contributed by atoms with E-state index in [2.05, 4.69) is 64.8 Å². The SMILES string of the molecule is CC.CC(C)=c1c2c(C)n(C)c(=C(C)C)c2c(C)n1C. The molecule has 0 unspecified atom stereocenters. The van der Waals surface area contributed by atoms with Gasteiger partial charge in [0.05, 0.1) is 0 Å². The van der Waals surface area contributed by atoms with Gasteiger partial charge in [0.1, 0.15) is 0 Å². The Kier molecular flexibility index (Phi) is 4.90. The van der Waals surface area contributed by atoms with Crippen molar-refractivity contribution in [3.05, 3.63) is 22.1 Å². The number of hydrogen-bond acceptors (Lipinski definition) is 0. The van der Waals surface area contributed by atoms with E-state index >= 15 is 0 Å². The molecular formula is C18H30N2. The molecule has 0 aromatic carbocycles. The lowest BCUT2D eigenvalue weighted by molar-refractivity contribution is 0.824. The van der Waals surface area contributed by atoms with Crippen LogP contribution in [0.5, 0.6) is 0 Å². The highest BCUT2D eigenvalue weighted by Gasteiger charge is 2.16. The van der Waals surface area contributed by atoms with Crippen molar-refractivity contribution >= 4 is 21.9 Å². The van der Waals surface area contributed by atoms with Gasteiger partial charge in [-0.15, -0.1) is 0 Å². The van der Waals surface area contributed by atoms with Crippen LogP contribution in [-0.2, 0) is 14.1 Å². The molecule has 2 rings (SSSR count). The van der Waals surface area contributed by atoms with E-state index in [1.54, 1.807) is 0 Å². The highest BCUT2D eigenvalue weighted by atomic mass is 15.0. The highest BCUT2D eigenvalue weighted by molar-refractivity contribution is 5.91. The van der Waals surface area contributed by atoms with Gasteiger partial charge in [0.15, 0.2) is 0 Å². The van der Waals surface area contributed by atoms with E-state index in [0.29, 0.717) is 0 Å². The Bertz CT molecular complexity index is 678. The Morgan fingerprint density at radius 1 is 0.650 bits per heavy atom. The van der Waals surface area contributed by atoms with Crippen molar-refractivity contribution in [3.8, 4) is 0 Å². The quantitative estimate of drug-likeness (QED) is 0.695. The van der Waals surface area contributed by atoms with Crippen LogP contribution in [0.4, 0.5) is 0 Å². The molecule has 0 atom stereocenters. The lowest BCUT2D eigenvalue weighted by Gasteiger charge is -2.04. The second kappa shape index (κ2) is 5.90. The number of nitrogens with zero attached hydrogens (tertiary/aromatic N) is 2. The Hall–Kier alpha value is -1.44. The summed E-state index contributed by atoms with van der Waals surface area (Å²) in [6.07, 6.45) is 0. The minimum atomic E-state index is 1.36. The molecule has 2 nitrogen and oxygen atoms in total. The molecule has 2 heterocycles. The monoisotopic (exact) mass is 274 g/mol. The van der Waals surface area contributed by atoms with Crippen molar-refractivity contribution in [2.75, 3.05) is 0 Å². The molecule has 20 heavy (non-hydrogen) atoms.